The molecule has 7 heteroatoms. The maximum Gasteiger partial charge on any atom is 0.196 e. The van der Waals surface area contributed by atoms with Crippen molar-refractivity contribution < 1.29 is 4.79 Å². The lowest BCUT2D eigenvalue weighted by molar-refractivity contribution is 0.0994. The molecule has 2 heterocycles. The van der Waals surface area contributed by atoms with Gasteiger partial charge in [-0.25, -0.2) is 0 Å². The molecule has 0 amide bonds. The van der Waals surface area contributed by atoms with E-state index >= 15 is 0 Å². The summed E-state index contributed by atoms with van der Waals surface area (Å²) in [7, 11) is 0. The van der Waals surface area contributed by atoms with Crippen LogP contribution in [0.1, 0.15) is 34.8 Å². The van der Waals surface area contributed by atoms with Crippen LogP contribution in [-0.4, -0.2) is 25.6 Å². The first-order valence-electron chi connectivity index (χ1n) is 8.05. The Bertz CT molecular complexity index is 986. The Morgan fingerprint density at radius 3 is 2.84 bits per heavy atom. The number of nitrogens with zero attached hydrogens (tertiary/aromatic N) is 3. The largest absolute Gasteiger partial charge is 0.293 e. The molecule has 0 fully saturated rings. The highest BCUT2D eigenvalue weighted by Gasteiger charge is 2.22. The van der Waals surface area contributed by atoms with E-state index < -0.39 is 0 Å². The van der Waals surface area contributed by atoms with Crippen molar-refractivity contribution in [2.75, 3.05) is 0 Å². The fraction of sp³-hybridized carbons (Fsp3) is 0.278. The van der Waals surface area contributed by atoms with Crippen LogP contribution in [-0.2, 0) is 12.8 Å². The summed E-state index contributed by atoms with van der Waals surface area (Å²) in [5, 5.41) is 9.48. The quantitative estimate of drug-likeness (QED) is 0.469. The Morgan fingerprint density at radius 2 is 2.00 bits per heavy atom. The van der Waals surface area contributed by atoms with Gasteiger partial charge in [0.15, 0.2) is 16.6 Å². The van der Waals surface area contributed by atoms with Crippen molar-refractivity contribution in [2.24, 2.45) is 0 Å². The summed E-state index contributed by atoms with van der Waals surface area (Å²) in [5.74, 6) is 0.0876. The summed E-state index contributed by atoms with van der Waals surface area (Å²) < 4.78 is 1.72. The number of carbonyl (C=O) groups is 1. The molecule has 4 rings (SSSR count). The van der Waals surface area contributed by atoms with Crippen molar-refractivity contribution in [3.05, 3.63) is 57.2 Å². The third-order valence-corrected chi connectivity index (χ3v) is 5.97. The molecule has 1 aromatic carbocycles. The first kappa shape index (κ1) is 16.9. The number of fused-ring (bicyclic) bond motifs is 2. The van der Waals surface area contributed by atoms with E-state index in [1.54, 1.807) is 16.7 Å². The minimum Gasteiger partial charge on any atom is -0.293 e. The molecule has 0 aliphatic heterocycles. The number of halogens is 2. The van der Waals surface area contributed by atoms with Gasteiger partial charge in [0, 0.05) is 11.8 Å². The van der Waals surface area contributed by atoms with E-state index in [2.05, 4.69) is 16.3 Å². The number of hydrogen-bond acceptors (Lipinski definition) is 4. The third kappa shape index (κ3) is 3.16. The van der Waals surface area contributed by atoms with Gasteiger partial charge in [-0.15, -0.1) is 10.2 Å². The van der Waals surface area contributed by atoms with Gasteiger partial charge in [0.25, 0.3) is 0 Å². The molecule has 1 unspecified atom stereocenters. The highest BCUT2D eigenvalue weighted by Crippen LogP contribution is 2.30. The summed E-state index contributed by atoms with van der Waals surface area (Å²) >= 11 is 13.6. The van der Waals surface area contributed by atoms with E-state index in [-0.39, 0.29) is 11.0 Å². The van der Waals surface area contributed by atoms with Gasteiger partial charge >= 0.3 is 0 Å². The first-order valence-corrected chi connectivity index (χ1v) is 9.69. The minimum absolute atomic E-state index is 0.0876. The van der Waals surface area contributed by atoms with Crippen molar-refractivity contribution in [1.29, 1.82) is 0 Å². The summed E-state index contributed by atoms with van der Waals surface area (Å²) in [6.45, 7) is 1.88. The Hall–Kier alpha value is -1.56. The number of thioether (sulfide) groups is 1. The van der Waals surface area contributed by atoms with Crippen molar-refractivity contribution in [3.63, 3.8) is 0 Å². The van der Waals surface area contributed by atoms with Crippen molar-refractivity contribution in [1.82, 2.24) is 14.6 Å². The van der Waals surface area contributed by atoms with E-state index in [1.807, 2.05) is 19.1 Å². The molecular formula is C18H15Cl2N3OS. The van der Waals surface area contributed by atoms with Gasteiger partial charge in [0.1, 0.15) is 0 Å². The predicted molar refractivity (Wildman–Crippen MR) is 101 cm³/mol. The first-order chi connectivity index (χ1) is 12.0. The Labute approximate surface area is 159 Å². The van der Waals surface area contributed by atoms with Crippen LogP contribution >= 0.6 is 35.0 Å². The lowest BCUT2D eigenvalue weighted by Gasteiger charge is -2.10. The molecule has 25 heavy (non-hydrogen) atoms. The fourth-order valence-corrected chi connectivity index (χ4v) is 4.56. The highest BCUT2D eigenvalue weighted by molar-refractivity contribution is 8.00. The molecule has 0 spiro atoms. The molecule has 0 saturated carbocycles. The number of ketones is 1. The van der Waals surface area contributed by atoms with Crippen molar-refractivity contribution in [3.8, 4) is 0 Å². The number of hydrogen-bond donors (Lipinski definition) is 0. The van der Waals surface area contributed by atoms with Crippen LogP contribution < -0.4 is 0 Å². The molecular weight excluding hydrogens is 377 g/mol. The van der Waals surface area contributed by atoms with E-state index in [0.717, 1.165) is 18.4 Å². The topological polar surface area (TPSA) is 47.3 Å². The van der Waals surface area contributed by atoms with Crippen LogP contribution in [0.2, 0.25) is 10.0 Å². The molecule has 2 aromatic heterocycles. The SMILES string of the molecule is CC(Sc1nnc2c(Cl)cc(Cl)cn12)C(=O)c1ccc2c(c1)CCC2. The van der Waals surface area contributed by atoms with Gasteiger partial charge in [-0.1, -0.05) is 47.1 Å². The second-order valence-corrected chi connectivity index (χ2v) is 8.30. The molecule has 128 valence electrons. The molecule has 3 aromatic rings. The molecule has 0 N–H and O–H groups in total. The number of carbonyl (C=O) groups excluding carboxylic acids is 1. The maximum atomic E-state index is 12.8. The van der Waals surface area contributed by atoms with Crippen molar-refractivity contribution in [2.45, 2.75) is 36.6 Å². The van der Waals surface area contributed by atoms with Gasteiger partial charge in [0.2, 0.25) is 0 Å². The molecule has 1 aliphatic carbocycles. The van der Waals surface area contributed by atoms with Crippen LogP contribution in [0.25, 0.3) is 5.65 Å². The Morgan fingerprint density at radius 1 is 1.20 bits per heavy atom. The Balaban J connectivity index is 1.59. The van der Waals surface area contributed by atoms with Crippen molar-refractivity contribution >= 4 is 46.4 Å². The van der Waals surface area contributed by atoms with E-state index in [9.17, 15) is 4.79 Å². The summed E-state index contributed by atoms with van der Waals surface area (Å²) in [6.07, 6.45) is 5.05. The normalized spacial score (nSPS) is 14.7. The van der Waals surface area contributed by atoms with Crippen LogP contribution in [0.4, 0.5) is 0 Å². The second-order valence-electron chi connectivity index (χ2n) is 6.14. The maximum absolute atomic E-state index is 12.8. The molecule has 0 saturated heterocycles. The lowest BCUT2D eigenvalue weighted by Crippen LogP contribution is -2.14. The Kier molecular flexibility index (Phi) is 4.48. The molecule has 1 aliphatic rings. The summed E-state index contributed by atoms with van der Waals surface area (Å²) in [4.78, 5) is 12.8. The van der Waals surface area contributed by atoms with E-state index in [0.29, 0.717) is 20.8 Å². The highest BCUT2D eigenvalue weighted by atomic mass is 35.5. The van der Waals surface area contributed by atoms with Gasteiger partial charge in [-0.05, 0) is 49.4 Å². The van der Waals surface area contributed by atoms with Crippen LogP contribution in [0.5, 0.6) is 0 Å². The van der Waals surface area contributed by atoms with E-state index in [1.165, 1.54) is 29.3 Å². The zero-order chi connectivity index (χ0) is 17.6. The van der Waals surface area contributed by atoms with Gasteiger partial charge in [-0.2, -0.15) is 0 Å². The molecule has 1 atom stereocenters. The smallest absolute Gasteiger partial charge is 0.196 e. The average Bonchev–Trinajstić information content (AvgIpc) is 3.20. The second kappa shape index (κ2) is 6.63. The average molecular weight is 392 g/mol. The van der Waals surface area contributed by atoms with Gasteiger partial charge in [-0.3, -0.25) is 9.20 Å². The lowest BCUT2D eigenvalue weighted by atomic mass is 10.0. The third-order valence-electron chi connectivity index (χ3n) is 4.43. The number of aryl methyl sites for hydroxylation is 2. The molecule has 0 radical (unpaired) electrons. The van der Waals surface area contributed by atoms with Crippen LogP contribution in [0.15, 0.2) is 35.6 Å². The number of pyridine rings is 1. The minimum atomic E-state index is -0.287. The van der Waals surface area contributed by atoms with E-state index in [4.69, 9.17) is 23.2 Å². The number of aromatic nitrogens is 3. The fourth-order valence-electron chi connectivity index (χ4n) is 3.15. The zero-order valence-electron chi connectivity index (χ0n) is 13.5. The number of benzene rings is 1. The predicted octanol–water partition coefficient (Wildman–Crippen LogP) is 4.89. The number of rotatable bonds is 4. The summed E-state index contributed by atoms with van der Waals surface area (Å²) in [5.41, 5.74) is 3.95. The zero-order valence-corrected chi connectivity index (χ0v) is 15.8. The van der Waals surface area contributed by atoms with Gasteiger partial charge < -0.3 is 0 Å². The molecule has 4 nitrogen and oxygen atoms in total. The van der Waals surface area contributed by atoms with Crippen LogP contribution in [0, 0.1) is 0 Å². The van der Waals surface area contributed by atoms with Crippen LogP contribution in [0.3, 0.4) is 0 Å². The van der Waals surface area contributed by atoms with Gasteiger partial charge in [0.05, 0.1) is 15.3 Å². The summed E-state index contributed by atoms with van der Waals surface area (Å²) in [6, 6.07) is 7.68. The molecule has 0 bridgehead atoms. The monoisotopic (exact) mass is 391 g/mol. The standard InChI is InChI=1S/C18H15Cl2N3OS/c1-10(16(24)13-6-5-11-3-2-4-12(11)7-13)25-18-22-21-17-15(20)8-14(19)9-23(17)18/h5-10H,2-4H2,1H3. The number of Topliss-reactive ketones (excluding diaryl/α,β-unsaturated/α-hetero) is 1.